The maximum Gasteiger partial charge on any atom is 0.406 e. The minimum atomic E-state index is -4.92. The van der Waals surface area contributed by atoms with Gasteiger partial charge in [0.05, 0.1) is 12.8 Å². The maximum absolute atomic E-state index is 13.1. The number of ether oxygens (including phenoxy) is 1. The number of carbonyl (C=O) groups excluding carboxylic acids is 1. The summed E-state index contributed by atoms with van der Waals surface area (Å²) < 4.78 is 44.6. The van der Waals surface area contributed by atoms with Gasteiger partial charge in [0.25, 0.3) is 0 Å². The third-order valence-electron chi connectivity index (χ3n) is 4.39. The molecule has 1 aliphatic heterocycles. The highest BCUT2D eigenvalue weighted by Crippen LogP contribution is 2.45. The van der Waals surface area contributed by atoms with Crippen LogP contribution >= 0.6 is 11.6 Å². The summed E-state index contributed by atoms with van der Waals surface area (Å²) in [5, 5.41) is 12.4. The van der Waals surface area contributed by atoms with Gasteiger partial charge < -0.3 is 20.1 Å². The summed E-state index contributed by atoms with van der Waals surface area (Å²) in [6.45, 7) is -0.978. The Hall–Kier alpha value is -2.16. The molecule has 1 saturated heterocycles. The Morgan fingerprint density at radius 1 is 1.42 bits per heavy atom. The number of carboxylic acid groups (broad SMARTS) is 1. The van der Waals surface area contributed by atoms with E-state index in [9.17, 15) is 22.8 Å². The summed E-state index contributed by atoms with van der Waals surface area (Å²) in [5.74, 6) is -2.00. The number of rotatable bonds is 6. The van der Waals surface area contributed by atoms with Gasteiger partial charge >= 0.3 is 12.1 Å². The summed E-state index contributed by atoms with van der Waals surface area (Å²) in [7, 11) is 1.46. The second kappa shape index (κ2) is 7.61. The number of benzene rings is 1. The van der Waals surface area contributed by atoms with Crippen LogP contribution in [-0.4, -0.2) is 54.8 Å². The van der Waals surface area contributed by atoms with Gasteiger partial charge in [-0.05, 0) is 24.6 Å². The van der Waals surface area contributed by atoms with Gasteiger partial charge in [-0.25, -0.2) is 0 Å². The molecule has 1 aliphatic rings. The van der Waals surface area contributed by atoms with E-state index in [1.54, 1.807) is 18.2 Å². The normalized spacial score (nSPS) is 20.1. The number of carboxylic acids is 1. The fourth-order valence-corrected chi connectivity index (χ4v) is 3.00. The van der Waals surface area contributed by atoms with Crippen molar-refractivity contribution in [3.63, 3.8) is 0 Å². The minimum Gasteiger partial charge on any atom is -0.495 e. The lowest BCUT2D eigenvalue weighted by atomic mass is 9.86. The fraction of sp³-hybridized carbons (Fsp3) is 0.500. The van der Waals surface area contributed by atoms with Crippen molar-refractivity contribution in [2.75, 3.05) is 32.1 Å². The lowest BCUT2D eigenvalue weighted by molar-refractivity contribution is -0.227. The van der Waals surface area contributed by atoms with E-state index in [-0.39, 0.29) is 19.5 Å². The first-order valence-electron chi connectivity index (χ1n) is 7.76. The zero-order valence-electron chi connectivity index (χ0n) is 13.9. The van der Waals surface area contributed by atoms with E-state index in [4.69, 9.17) is 21.4 Å². The molecule has 6 nitrogen and oxygen atoms in total. The third kappa shape index (κ3) is 3.98. The predicted octanol–water partition coefficient (Wildman–Crippen LogP) is 3.02. The van der Waals surface area contributed by atoms with Gasteiger partial charge in [-0.15, -0.1) is 0 Å². The molecule has 0 aromatic heterocycles. The first-order chi connectivity index (χ1) is 12.1. The number of alkyl halides is 3. The van der Waals surface area contributed by atoms with Gasteiger partial charge in [-0.3, -0.25) is 9.59 Å². The summed E-state index contributed by atoms with van der Waals surface area (Å²) in [4.78, 5) is 24.2. The van der Waals surface area contributed by atoms with Gasteiger partial charge in [0.1, 0.15) is 5.75 Å². The Kier molecular flexibility index (Phi) is 5.90. The molecule has 1 heterocycles. The SMILES string of the molecule is COc1ccc(Cl)cc1NCCC(=O)N1CCC(C(=O)O)(C(F)(F)F)C1. The van der Waals surface area contributed by atoms with Gasteiger partial charge in [-0.1, -0.05) is 11.6 Å². The van der Waals surface area contributed by atoms with E-state index in [0.717, 1.165) is 4.90 Å². The molecule has 1 atom stereocenters. The van der Waals surface area contributed by atoms with E-state index < -0.39 is 36.4 Å². The monoisotopic (exact) mass is 394 g/mol. The van der Waals surface area contributed by atoms with E-state index in [0.29, 0.717) is 16.5 Å². The van der Waals surface area contributed by atoms with Crippen LogP contribution in [0.2, 0.25) is 5.02 Å². The van der Waals surface area contributed by atoms with Crippen LogP contribution in [0, 0.1) is 5.41 Å². The topological polar surface area (TPSA) is 78.9 Å². The molecule has 0 radical (unpaired) electrons. The predicted molar refractivity (Wildman–Crippen MR) is 88.4 cm³/mol. The molecular formula is C16H18ClF3N2O4. The highest BCUT2D eigenvalue weighted by atomic mass is 35.5. The van der Waals surface area contributed by atoms with E-state index in [1.165, 1.54) is 7.11 Å². The Balaban J connectivity index is 1.96. The molecule has 1 aromatic rings. The average Bonchev–Trinajstić information content (AvgIpc) is 3.02. The van der Waals surface area contributed by atoms with Crippen LogP contribution < -0.4 is 10.1 Å². The van der Waals surface area contributed by atoms with Crippen LogP contribution in [0.5, 0.6) is 5.75 Å². The number of nitrogens with one attached hydrogen (secondary N) is 1. The molecule has 26 heavy (non-hydrogen) atoms. The second-order valence-corrected chi connectivity index (χ2v) is 6.41. The average molecular weight is 395 g/mol. The summed E-state index contributed by atoms with van der Waals surface area (Å²) in [6.07, 6.45) is -5.66. The number of aliphatic carboxylic acids is 1. The largest absolute Gasteiger partial charge is 0.495 e. The second-order valence-electron chi connectivity index (χ2n) is 5.97. The van der Waals surface area contributed by atoms with Crippen molar-refractivity contribution < 1.29 is 32.6 Å². The zero-order valence-corrected chi connectivity index (χ0v) is 14.7. The van der Waals surface area contributed by atoms with E-state index >= 15 is 0 Å². The van der Waals surface area contributed by atoms with Crippen molar-refractivity contribution in [2.45, 2.75) is 19.0 Å². The molecule has 2 N–H and O–H groups in total. The molecule has 144 valence electrons. The Bertz CT molecular complexity index is 699. The number of amides is 1. The Labute approximate surface area is 152 Å². The Morgan fingerprint density at radius 3 is 2.65 bits per heavy atom. The van der Waals surface area contributed by atoms with Crippen molar-refractivity contribution in [1.82, 2.24) is 4.90 Å². The van der Waals surface area contributed by atoms with Crippen LogP contribution in [0.1, 0.15) is 12.8 Å². The van der Waals surface area contributed by atoms with Crippen LogP contribution in [-0.2, 0) is 9.59 Å². The number of methoxy groups -OCH3 is 1. The number of hydrogen-bond donors (Lipinski definition) is 2. The number of likely N-dealkylation sites (tertiary alicyclic amines) is 1. The van der Waals surface area contributed by atoms with Crippen LogP contribution in [0.25, 0.3) is 0 Å². The molecule has 10 heteroatoms. The summed E-state index contributed by atoms with van der Waals surface area (Å²) in [5.41, 5.74) is -2.35. The van der Waals surface area contributed by atoms with Gasteiger partial charge in [0.15, 0.2) is 5.41 Å². The highest BCUT2D eigenvalue weighted by Gasteiger charge is 2.64. The van der Waals surface area contributed by atoms with Crippen LogP contribution in [0.4, 0.5) is 18.9 Å². The Morgan fingerprint density at radius 2 is 2.12 bits per heavy atom. The number of carbonyl (C=O) groups is 2. The van der Waals surface area contributed by atoms with Crippen molar-refractivity contribution in [1.29, 1.82) is 0 Å². The van der Waals surface area contributed by atoms with Gasteiger partial charge in [0.2, 0.25) is 5.91 Å². The number of hydrogen-bond acceptors (Lipinski definition) is 4. The summed E-state index contributed by atoms with van der Waals surface area (Å²) >= 11 is 5.89. The van der Waals surface area contributed by atoms with Crippen LogP contribution in [0.3, 0.4) is 0 Å². The van der Waals surface area contributed by atoms with Crippen molar-refractivity contribution in [3.8, 4) is 5.75 Å². The first-order valence-corrected chi connectivity index (χ1v) is 8.14. The van der Waals surface area contributed by atoms with Crippen molar-refractivity contribution in [3.05, 3.63) is 23.2 Å². The smallest absolute Gasteiger partial charge is 0.406 e. The molecule has 0 aliphatic carbocycles. The highest BCUT2D eigenvalue weighted by molar-refractivity contribution is 6.30. The molecule has 1 fully saturated rings. The number of halogens is 4. The maximum atomic E-state index is 13.1. The molecule has 0 bridgehead atoms. The van der Waals surface area contributed by atoms with E-state index in [1.807, 2.05) is 0 Å². The minimum absolute atomic E-state index is 0.0940. The summed E-state index contributed by atoms with van der Waals surface area (Å²) in [6, 6.07) is 4.86. The molecule has 1 unspecified atom stereocenters. The van der Waals surface area contributed by atoms with E-state index in [2.05, 4.69) is 5.32 Å². The van der Waals surface area contributed by atoms with Crippen molar-refractivity contribution >= 4 is 29.2 Å². The zero-order chi connectivity index (χ0) is 19.5. The molecule has 2 rings (SSSR count). The molecule has 1 amide bonds. The molecule has 0 spiro atoms. The van der Waals surface area contributed by atoms with Crippen LogP contribution in [0.15, 0.2) is 18.2 Å². The quantitative estimate of drug-likeness (QED) is 0.775. The van der Waals surface area contributed by atoms with Crippen molar-refractivity contribution in [2.24, 2.45) is 5.41 Å². The molecule has 0 saturated carbocycles. The fourth-order valence-electron chi connectivity index (χ4n) is 2.83. The third-order valence-corrected chi connectivity index (χ3v) is 4.62. The van der Waals surface area contributed by atoms with Gasteiger partial charge in [-0.2, -0.15) is 13.2 Å². The number of anilines is 1. The number of nitrogens with zero attached hydrogens (tertiary/aromatic N) is 1. The molecule has 1 aromatic carbocycles. The van der Waals surface area contributed by atoms with Gasteiger partial charge in [0, 0.05) is 31.1 Å². The standard InChI is InChI=1S/C16H18ClF3N2O4/c1-26-12-3-2-10(17)8-11(12)21-6-4-13(23)22-7-5-15(9-22,14(24)25)16(18,19)20/h2-3,8,21H,4-7,9H2,1H3,(H,24,25). The lowest BCUT2D eigenvalue weighted by Crippen LogP contribution is -2.47. The first kappa shape index (κ1) is 20.2. The molecular weight excluding hydrogens is 377 g/mol. The lowest BCUT2D eigenvalue weighted by Gasteiger charge is -2.27.